The summed E-state index contributed by atoms with van der Waals surface area (Å²) in [6.45, 7) is 0.164. The van der Waals surface area contributed by atoms with Crippen LogP contribution >= 0.6 is 33.3 Å². The highest BCUT2D eigenvalue weighted by molar-refractivity contribution is 8.76. The third-order valence-electron chi connectivity index (χ3n) is 6.13. The van der Waals surface area contributed by atoms with Crippen LogP contribution in [-0.4, -0.2) is 47.5 Å². The van der Waals surface area contributed by atoms with Crippen LogP contribution in [-0.2, 0) is 33.8 Å². The molecule has 8 heteroatoms. The SMILES string of the molecule is CSCCC(N)CSSCC(Cc1ccccc1)C(=O)N[C@@H](Cc1ccccc1)C(=O)OCc1ccccc1. The van der Waals surface area contributed by atoms with Gasteiger partial charge in [0.15, 0.2) is 0 Å². The highest BCUT2D eigenvalue weighted by Crippen LogP contribution is 2.27. The molecule has 0 saturated carbocycles. The van der Waals surface area contributed by atoms with Gasteiger partial charge in [-0.05, 0) is 41.5 Å². The molecule has 1 amide bonds. The fourth-order valence-corrected chi connectivity index (χ4v) is 7.01. The number of ether oxygens (including phenoxy) is 1. The Kier molecular flexibility index (Phi) is 14.4. The van der Waals surface area contributed by atoms with Crippen LogP contribution in [0.25, 0.3) is 0 Å². The first kappa shape index (κ1) is 31.1. The number of nitrogens with one attached hydrogen (secondary N) is 1. The van der Waals surface area contributed by atoms with E-state index >= 15 is 0 Å². The summed E-state index contributed by atoms with van der Waals surface area (Å²) in [4.78, 5) is 26.8. The number of esters is 1. The Morgan fingerprint density at radius 3 is 1.92 bits per heavy atom. The largest absolute Gasteiger partial charge is 0.459 e. The molecule has 5 nitrogen and oxygen atoms in total. The lowest BCUT2D eigenvalue weighted by Crippen LogP contribution is -2.46. The van der Waals surface area contributed by atoms with E-state index in [-0.39, 0.29) is 24.5 Å². The molecule has 0 aliphatic rings. The number of thioether (sulfide) groups is 1. The van der Waals surface area contributed by atoms with Crippen LogP contribution in [0.3, 0.4) is 0 Å². The number of rotatable bonds is 17. The Morgan fingerprint density at radius 2 is 1.33 bits per heavy atom. The molecule has 0 aliphatic heterocycles. The minimum Gasteiger partial charge on any atom is -0.459 e. The second-order valence-electron chi connectivity index (χ2n) is 9.34. The Bertz CT molecular complexity index is 1100. The molecule has 0 spiro atoms. The molecule has 0 aromatic heterocycles. The minimum absolute atomic E-state index is 0.142. The van der Waals surface area contributed by atoms with Gasteiger partial charge in [-0.2, -0.15) is 11.8 Å². The van der Waals surface area contributed by atoms with Gasteiger partial charge < -0.3 is 15.8 Å². The second-order valence-corrected chi connectivity index (χ2v) is 12.9. The van der Waals surface area contributed by atoms with Crippen molar-refractivity contribution >= 4 is 45.2 Å². The zero-order valence-electron chi connectivity index (χ0n) is 22.4. The number of nitrogens with two attached hydrogens (primary N) is 1. The molecular formula is C31H38N2O3S3. The Morgan fingerprint density at radius 1 is 0.795 bits per heavy atom. The van der Waals surface area contributed by atoms with Gasteiger partial charge in [0.2, 0.25) is 5.91 Å². The van der Waals surface area contributed by atoms with E-state index < -0.39 is 12.0 Å². The standard InChI is InChI=1S/C31H38N2O3S3/c1-37-18-17-28(32)23-39-38-22-27(19-24-11-5-2-6-12-24)30(34)33-29(20-25-13-7-3-8-14-25)31(35)36-21-26-15-9-4-10-16-26/h2-16,27-29H,17-23,32H2,1H3,(H,33,34)/t27?,28?,29-/m0/s1. The summed E-state index contributed by atoms with van der Waals surface area (Å²) < 4.78 is 5.64. The van der Waals surface area contributed by atoms with Gasteiger partial charge in [-0.3, -0.25) is 4.79 Å². The summed E-state index contributed by atoms with van der Waals surface area (Å²) in [6, 6.07) is 28.6. The first-order chi connectivity index (χ1) is 19.0. The lowest BCUT2D eigenvalue weighted by molar-refractivity contribution is -0.149. The van der Waals surface area contributed by atoms with Crippen molar-refractivity contribution in [1.82, 2.24) is 5.32 Å². The van der Waals surface area contributed by atoms with E-state index in [0.717, 1.165) is 34.6 Å². The lowest BCUT2D eigenvalue weighted by atomic mass is 9.99. The molecule has 3 aromatic carbocycles. The summed E-state index contributed by atoms with van der Waals surface area (Å²) in [7, 11) is 3.38. The van der Waals surface area contributed by atoms with Crippen LogP contribution in [0.1, 0.15) is 23.1 Å². The maximum Gasteiger partial charge on any atom is 0.329 e. The number of benzene rings is 3. The number of carbonyl (C=O) groups excluding carboxylic acids is 2. The van der Waals surface area contributed by atoms with Crippen molar-refractivity contribution in [3.63, 3.8) is 0 Å². The molecule has 0 saturated heterocycles. The van der Waals surface area contributed by atoms with Gasteiger partial charge in [0.05, 0.1) is 5.92 Å². The van der Waals surface area contributed by atoms with Gasteiger partial charge in [0.1, 0.15) is 12.6 Å². The topological polar surface area (TPSA) is 81.4 Å². The quantitative estimate of drug-likeness (QED) is 0.119. The average molecular weight is 583 g/mol. The van der Waals surface area contributed by atoms with Crippen molar-refractivity contribution in [3.8, 4) is 0 Å². The van der Waals surface area contributed by atoms with E-state index in [1.165, 1.54) is 0 Å². The van der Waals surface area contributed by atoms with Crippen LogP contribution in [0.4, 0.5) is 0 Å². The first-order valence-corrected chi connectivity index (χ1v) is 17.0. The highest BCUT2D eigenvalue weighted by atomic mass is 33.1. The average Bonchev–Trinajstić information content (AvgIpc) is 2.97. The number of carbonyl (C=O) groups is 2. The first-order valence-electron chi connectivity index (χ1n) is 13.1. The molecule has 0 heterocycles. The third-order valence-corrected chi connectivity index (χ3v) is 9.36. The summed E-state index contributed by atoms with van der Waals surface area (Å²) in [6.07, 6.45) is 4.03. The zero-order valence-corrected chi connectivity index (χ0v) is 24.8. The van der Waals surface area contributed by atoms with Crippen molar-refractivity contribution in [1.29, 1.82) is 0 Å². The minimum atomic E-state index is -0.778. The highest BCUT2D eigenvalue weighted by Gasteiger charge is 2.27. The van der Waals surface area contributed by atoms with Gasteiger partial charge in [0, 0.05) is 24.0 Å². The molecule has 0 radical (unpaired) electrons. The zero-order chi connectivity index (χ0) is 27.7. The molecule has 0 fully saturated rings. The number of hydrogen-bond donors (Lipinski definition) is 2. The fraction of sp³-hybridized carbons (Fsp3) is 0.355. The second kappa shape index (κ2) is 18.1. The van der Waals surface area contributed by atoms with Crippen LogP contribution in [0.2, 0.25) is 0 Å². The van der Waals surface area contributed by atoms with Crippen LogP contribution < -0.4 is 11.1 Å². The molecule has 3 N–H and O–H groups in total. The van der Waals surface area contributed by atoms with Gasteiger partial charge in [-0.25, -0.2) is 4.79 Å². The summed E-state index contributed by atoms with van der Waals surface area (Å²) >= 11 is 1.80. The van der Waals surface area contributed by atoms with Crippen molar-refractivity contribution in [2.24, 2.45) is 11.7 Å². The van der Waals surface area contributed by atoms with Gasteiger partial charge in [0.25, 0.3) is 0 Å². The van der Waals surface area contributed by atoms with Crippen molar-refractivity contribution in [2.75, 3.05) is 23.5 Å². The Balaban J connectivity index is 1.66. The molecule has 39 heavy (non-hydrogen) atoms. The smallest absolute Gasteiger partial charge is 0.329 e. The van der Waals surface area contributed by atoms with E-state index in [2.05, 4.69) is 11.6 Å². The van der Waals surface area contributed by atoms with Crippen LogP contribution in [0.5, 0.6) is 0 Å². The van der Waals surface area contributed by atoms with Gasteiger partial charge in [-0.15, -0.1) is 0 Å². The van der Waals surface area contributed by atoms with Gasteiger partial charge in [-0.1, -0.05) is 113 Å². The van der Waals surface area contributed by atoms with Gasteiger partial charge >= 0.3 is 5.97 Å². The predicted octanol–water partition coefficient (Wildman–Crippen LogP) is 5.78. The Hall–Kier alpha value is -2.39. The fourth-order valence-electron chi connectivity index (χ4n) is 3.91. The van der Waals surface area contributed by atoms with E-state index in [0.29, 0.717) is 18.6 Å². The normalized spacial score (nSPS) is 13.3. The lowest BCUT2D eigenvalue weighted by Gasteiger charge is -2.22. The maximum atomic E-state index is 13.6. The van der Waals surface area contributed by atoms with E-state index in [1.807, 2.05) is 91.0 Å². The van der Waals surface area contributed by atoms with Crippen molar-refractivity contribution < 1.29 is 14.3 Å². The molecule has 208 valence electrons. The van der Waals surface area contributed by atoms with E-state index in [1.54, 1.807) is 33.3 Å². The van der Waals surface area contributed by atoms with E-state index in [9.17, 15) is 9.59 Å². The van der Waals surface area contributed by atoms with Crippen LogP contribution in [0, 0.1) is 5.92 Å². The predicted molar refractivity (Wildman–Crippen MR) is 168 cm³/mol. The summed E-state index contributed by atoms with van der Waals surface area (Å²) in [5.41, 5.74) is 9.18. The summed E-state index contributed by atoms with van der Waals surface area (Å²) in [5, 5.41) is 3.04. The molecule has 3 atom stereocenters. The Labute approximate surface area is 244 Å². The maximum absolute atomic E-state index is 13.6. The molecule has 0 aliphatic carbocycles. The van der Waals surface area contributed by atoms with E-state index in [4.69, 9.17) is 10.5 Å². The molecule has 0 bridgehead atoms. The summed E-state index contributed by atoms with van der Waals surface area (Å²) in [5.74, 6) is 1.64. The molecule has 3 aromatic rings. The van der Waals surface area contributed by atoms with Crippen molar-refractivity contribution in [2.45, 2.75) is 38.0 Å². The number of hydrogen-bond acceptors (Lipinski definition) is 7. The monoisotopic (exact) mass is 582 g/mol. The molecular weight excluding hydrogens is 545 g/mol. The third kappa shape index (κ3) is 12.1. The van der Waals surface area contributed by atoms with Crippen LogP contribution in [0.15, 0.2) is 91.0 Å². The number of amides is 1. The molecule has 3 rings (SSSR count). The van der Waals surface area contributed by atoms with Crippen molar-refractivity contribution in [3.05, 3.63) is 108 Å². The molecule has 2 unspecified atom stereocenters.